The van der Waals surface area contributed by atoms with Gasteiger partial charge in [0.1, 0.15) is 0 Å². The summed E-state index contributed by atoms with van der Waals surface area (Å²) in [7, 11) is 0.235. The summed E-state index contributed by atoms with van der Waals surface area (Å²) in [6, 6.07) is 1.92. The Hall–Kier alpha value is -0.0800. The monoisotopic (exact) mass is 306 g/mol. The zero-order chi connectivity index (χ0) is 13.2. The standard InChI is InChI=1S/C11H18N2O2S3/c1-12-6-10-5-11(8-17-10)18(14,15)13(2)9-3-4-16-7-9/h5,8-9,12H,3-4,6-7H2,1-2H3. The van der Waals surface area contributed by atoms with Crippen LogP contribution in [0.1, 0.15) is 11.3 Å². The van der Waals surface area contributed by atoms with E-state index in [0.29, 0.717) is 11.4 Å². The summed E-state index contributed by atoms with van der Waals surface area (Å²) in [6.45, 7) is 0.711. The molecule has 1 N–H and O–H groups in total. The Morgan fingerprint density at radius 1 is 1.56 bits per heavy atom. The van der Waals surface area contributed by atoms with E-state index in [-0.39, 0.29) is 6.04 Å². The van der Waals surface area contributed by atoms with Crippen LogP contribution in [0, 0.1) is 0 Å². The molecule has 1 unspecified atom stereocenters. The molecular formula is C11H18N2O2S3. The minimum atomic E-state index is -3.32. The zero-order valence-corrected chi connectivity index (χ0v) is 13.0. The van der Waals surface area contributed by atoms with Crippen molar-refractivity contribution in [3.05, 3.63) is 16.3 Å². The fourth-order valence-corrected chi connectivity index (χ4v) is 5.96. The van der Waals surface area contributed by atoms with Gasteiger partial charge < -0.3 is 5.32 Å². The molecular weight excluding hydrogens is 288 g/mol. The maximum Gasteiger partial charge on any atom is 0.243 e. The second-order valence-corrected chi connectivity index (χ2v) is 8.46. The minimum absolute atomic E-state index is 0.146. The topological polar surface area (TPSA) is 49.4 Å². The first kappa shape index (κ1) is 14.3. The van der Waals surface area contributed by atoms with Crippen LogP contribution in [0.15, 0.2) is 16.3 Å². The summed E-state index contributed by atoms with van der Waals surface area (Å²) in [5.41, 5.74) is 0. The summed E-state index contributed by atoms with van der Waals surface area (Å²) in [5, 5.41) is 4.77. The molecule has 102 valence electrons. The number of nitrogens with zero attached hydrogens (tertiary/aromatic N) is 1. The van der Waals surface area contributed by atoms with Gasteiger partial charge in [-0.25, -0.2) is 8.42 Å². The highest BCUT2D eigenvalue weighted by atomic mass is 32.2. The minimum Gasteiger partial charge on any atom is -0.315 e. The predicted octanol–water partition coefficient (Wildman–Crippen LogP) is 1.59. The lowest BCUT2D eigenvalue weighted by Gasteiger charge is -2.22. The van der Waals surface area contributed by atoms with Crippen molar-refractivity contribution in [2.75, 3.05) is 25.6 Å². The van der Waals surface area contributed by atoms with Crippen molar-refractivity contribution in [2.45, 2.75) is 23.9 Å². The molecule has 1 atom stereocenters. The Bertz CT molecular complexity index is 492. The fraction of sp³-hybridized carbons (Fsp3) is 0.636. The van der Waals surface area contributed by atoms with E-state index in [1.165, 1.54) is 15.6 Å². The van der Waals surface area contributed by atoms with Crippen LogP contribution in [0.3, 0.4) is 0 Å². The number of hydrogen-bond acceptors (Lipinski definition) is 5. The second-order valence-electron chi connectivity index (χ2n) is 4.32. The van der Waals surface area contributed by atoms with Crippen LogP contribution in [-0.2, 0) is 16.6 Å². The molecule has 0 saturated carbocycles. The molecule has 1 aromatic rings. The number of thioether (sulfide) groups is 1. The Morgan fingerprint density at radius 2 is 2.33 bits per heavy atom. The molecule has 0 aromatic carbocycles. The predicted molar refractivity (Wildman–Crippen MR) is 77.8 cm³/mol. The molecule has 1 fully saturated rings. The first-order valence-corrected chi connectivity index (χ1v) is 9.31. The van der Waals surface area contributed by atoms with Crippen molar-refractivity contribution in [1.29, 1.82) is 0 Å². The lowest BCUT2D eigenvalue weighted by Crippen LogP contribution is -2.36. The molecule has 1 aliphatic rings. The largest absolute Gasteiger partial charge is 0.315 e. The fourth-order valence-electron chi connectivity index (χ4n) is 1.93. The smallest absolute Gasteiger partial charge is 0.243 e. The van der Waals surface area contributed by atoms with E-state index in [9.17, 15) is 8.42 Å². The van der Waals surface area contributed by atoms with E-state index in [0.717, 1.165) is 22.8 Å². The third kappa shape index (κ3) is 2.91. The van der Waals surface area contributed by atoms with E-state index < -0.39 is 10.0 Å². The van der Waals surface area contributed by atoms with E-state index >= 15 is 0 Å². The van der Waals surface area contributed by atoms with Crippen molar-refractivity contribution in [1.82, 2.24) is 9.62 Å². The number of hydrogen-bond donors (Lipinski definition) is 1. The Kier molecular flexibility index (Phi) is 4.71. The van der Waals surface area contributed by atoms with Crippen LogP contribution in [0.25, 0.3) is 0 Å². The van der Waals surface area contributed by atoms with E-state index in [1.54, 1.807) is 18.5 Å². The van der Waals surface area contributed by atoms with E-state index in [4.69, 9.17) is 0 Å². The molecule has 1 aliphatic heterocycles. The van der Waals surface area contributed by atoms with Crippen LogP contribution < -0.4 is 5.32 Å². The SMILES string of the molecule is CNCc1cc(S(=O)(=O)N(C)C2CCSC2)cs1. The Balaban J connectivity index is 2.18. The Morgan fingerprint density at radius 3 is 2.94 bits per heavy atom. The van der Waals surface area contributed by atoms with Crippen molar-refractivity contribution >= 4 is 33.1 Å². The van der Waals surface area contributed by atoms with Gasteiger partial charge >= 0.3 is 0 Å². The lowest BCUT2D eigenvalue weighted by molar-refractivity contribution is 0.395. The molecule has 0 spiro atoms. The highest BCUT2D eigenvalue weighted by Crippen LogP contribution is 2.28. The number of rotatable bonds is 5. The van der Waals surface area contributed by atoms with Gasteiger partial charge in [-0.05, 0) is 25.3 Å². The lowest BCUT2D eigenvalue weighted by atomic mass is 10.3. The second kappa shape index (κ2) is 5.92. The molecule has 1 aromatic heterocycles. The number of sulfonamides is 1. The average Bonchev–Trinajstić information content (AvgIpc) is 2.99. The molecule has 2 rings (SSSR count). The average molecular weight is 306 g/mol. The molecule has 2 heterocycles. The van der Waals surface area contributed by atoms with Crippen molar-refractivity contribution in [3.8, 4) is 0 Å². The van der Waals surface area contributed by atoms with Gasteiger partial charge in [-0.1, -0.05) is 0 Å². The van der Waals surface area contributed by atoms with Gasteiger partial charge in [0.2, 0.25) is 10.0 Å². The summed E-state index contributed by atoms with van der Waals surface area (Å²) in [4.78, 5) is 1.47. The summed E-state index contributed by atoms with van der Waals surface area (Å²) in [5.74, 6) is 1.96. The van der Waals surface area contributed by atoms with Crippen molar-refractivity contribution < 1.29 is 8.42 Å². The molecule has 1 saturated heterocycles. The highest BCUT2D eigenvalue weighted by molar-refractivity contribution is 7.99. The summed E-state index contributed by atoms with van der Waals surface area (Å²) >= 11 is 3.31. The molecule has 7 heteroatoms. The van der Waals surface area contributed by atoms with Gasteiger partial charge in [-0.15, -0.1) is 11.3 Å². The van der Waals surface area contributed by atoms with Crippen LogP contribution in [0.4, 0.5) is 0 Å². The maximum atomic E-state index is 12.4. The Labute approximate surface area is 117 Å². The quantitative estimate of drug-likeness (QED) is 0.897. The van der Waals surface area contributed by atoms with Crippen LogP contribution in [0.2, 0.25) is 0 Å². The maximum absolute atomic E-state index is 12.4. The molecule has 0 aliphatic carbocycles. The van der Waals surface area contributed by atoms with Gasteiger partial charge in [-0.2, -0.15) is 16.1 Å². The third-order valence-electron chi connectivity index (χ3n) is 3.08. The number of thiophene rings is 1. The van der Waals surface area contributed by atoms with Crippen LogP contribution in [0.5, 0.6) is 0 Å². The third-order valence-corrected chi connectivity index (χ3v) is 7.20. The van der Waals surface area contributed by atoms with E-state index in [1.807, 2.05) is 18.8 Å². The molecule has 4 nitrogen and oxygen atoms in total. The molecule has 0 amide bonds. The van der Waals surface area contributed by atoms with Gasteiger partial charge in [0, 0.05) is 35.6 Å². The normalized spacial score (nSPS) is 20.7. The first-order valence-electron chi connectivity index (χ1n) is 5.83. The summed E-state index contributed by atoms with van der Waals surface area (Å²) in [6.07, 6.45) is 0.952. The molecule has 0 radical (unpaired) electrons. The van der Waals surface area contributed by atoms with Gasteiger partial charge in [0.25, 0.3) is 0 Å². The summed E-state index contributed by atoms with van der Waals surface area (Å²) < 4.78 is 26.4. The van der Waals surface area contributed by atoms with E-state index in [2.05, 4.69) is 5.32 Å². The van der Waals surface area contributed by atoms with Gasteiger partial charge in [0.15, 0.2) is 0 Å². The van der Waals surface area contributed by atoms with Crippen molar-refractivity contribution in [3.63, 3.8) is 0 Å². The van der Waals surface area contributed by atoms with Gasteiger partial charge in [0.05, 0.1) is 4.90 Å². The van der Waals surface area contributed by atoms with Gasteiger partial charge in [-0.3, -0.25) is 0 Å². The zero-order valence-electron chi connectivity index (χ0n) is 10.5. The van der Waals surface area contributed by atoms with Crippen LogP contribution >= 0.6 is 23.1 Å². The highest BCUT2D eigenvalue weighted by Gasteiger charge is 2.30. The first-order chi connectivity index (χ1) is 8.55. The van der Waals surface area contributed by atoms with Crippen LogP contribution in [-0.4, -0.2) is 44.4 Å². The molecule has 0 bridgehead atoms. The molecule has 18 heavy (non-hydrogen) atoms. The number of nitrogens with one attached hydrogen (secondary N) is 1. The van der Waals surface area contributed by atoms with Crippen molar-refractivity contribution in [2.24, 2.45) is 0 Å².